The molecule has 3 heteroatoms. The van der Waals surface area contributed by atoms with E-state index in [1.54, 1.807) is 12.1 Å². The first-order valence-electron chi connectivity index (χ1n) is 11.6. The number of rotatable bonds is 13. The van der Waals surface area contributed by atoms with Gasteiger partial charge in [-0.25, -0.2) is 4.79 Å². The first-order chi connectivity index (χ1) is 14.5. The van der Waals surface area contributed by atoms with E-state index in [-0.39, 0.29) is 12.1 Å². The van der Waals surface area contributed by atoms with E-state index in [0.29, 0.717) is 11.3 Å². The maximum atomic E-state index is 12.4. The Morgan fingerprint density at radius 1 is 0.800 bits per heavy atom. The van der Waals surface area contributed by atoms with Gasteiger partial charge in [0.05, 0.1) is 11.7 Å². The van der Waals surface area contributed by atoms with E-state index in [1.165, 1.54) is 44.1 Å². The van der Waals surface area contributed by atoms with E-state index in [0.717, 1.165) is 24.5 Å². The highest BCUT2D eigenvalue weighted by atomic mass is 16.5. The number of benzene rings is 2. The molecule has 0 N–H and O–H groups in total. The number of carbonyl (C=O) groups excluding carboxylic acids is 1. The molecule has 2 atom stereocenters. The third-order valence-electron chi connectivity index (χ3n) is 5.75. The van der Waals surface area contributed by atoms with Crippen molar-refractivity contribution < 1.29 is 14.3 Å². The number of aryl methyl sites for hydroxylation is 1. The van der Waals surface area contributed by atoms with Crippen LogP contribution in [0, 0.1) is 5.92 Å². The Bertz CT molecular complexity index is 734. The van der Waals surface area contributed by atoms with Crippen LogP contribution in [0.1, 0.15) is 88.6 Å². The standard InChI is InChI=1S/C27H38O3/c1-5-21(3)11-9-7-8-10-12-23-13-17-26(18-14-23)30-27(28)24-15-19-25(20-16-24)29-22(4)6-2/h13-22H,5-12H2,1-4H3/t21?,22-/m1/s1. The van der Waals surface area contributed by atoms with Gasteiger partial charge in [-0.15, -0.1) is 0 Å². The third kappa shape index (κ3) is 8.61. The average Bonchev–Trinajstić information content (AvgIpc) is 2.77. The first-order valence-corrected chi connectivity index (χ1v) is 11.6. The SMILES string of the molecule is CCC(C)CCCCCCc1ccc(OC(=O)c2ccc(O[C@H](C)CC)cc2)cc1. The molecular weight excluding hydrogens is 372 g/mol. The fourth-order valence-electron chi connectivity index (χ4n) is 3.25. The van der Waals surface area contributed by atoms with Crippen molar-refractivity contribution in [3.8, 4) is 11.5 Å². The van der Waals surface area contributed by atoms with Gasteiger partial charge in [-0.2, -0.15) is 0 Å². The molecule has 0 spiro atoms. The van der Waals surface area contributed by atoms with Gasteiger partial charge in [0, 0.05) is 0 Å². The van der Waals surface area contributed by atoms with Crippen LogP contribution in [0.4, 0.5) is 0 Å². The Morgan fingerprint density at radius 2 is 1.43 bits per heavy atom. The van der Waals surface area contributed by atoms with Crippen LogP contribution >= 0.6 is 0 Å². The number of ether oxygens (including phenoxy) is 2. The Kier molecular flexibility index (Phi) is 10.5. The lowest BCUT2D eigenvalue weighted by Gasteiger charge is -2.12. The molecule has 30 heavy (non-hydrogen) atoms. The van der Waals surface area contributed by atoms with Crippen LogP contribution in [-0.4, -0.2) is 12.1 Å². The summed E-state index contributed by atoms with van der Waals surface area (Å²) in [6.07, 6.45) is 9.97. The minimum Gasteiger partial charge on any atom is -0.491 e. The third-order valence-corrected chi connectivity index (χ3v) is 5.75. The minimum atomic E-state index is -0.348. The van der Waals surface area contributed by atoms with E-state index in [2.05, 4.69) is 32.9 Å². The van der Waals surface area contributed by atoms with Crippen molar-refractivity contribution in [2.75, 3.05) is 0 Å². The number of hydrogen-bond acceptors (Lipinski definition) is 3. The Hall–Kier alpha value is -2.29. The van der Waals surface area contributed by atoms with Gasteiger partial charge in [0.1, 0.15) is 11.5 Å². The molecule has 0 saturated carbocycles. The molecule has 0 radical (unpaired) electrons. The van der Waals surface area contributed by atoms with Crippen LogP contribution in [-0.2, 0) is 6.42 Å². The fraction of sp³-hybridized carbons (Fsp3) is 0.519. The Balaban J connectivity index is 1.73. The van der Waals surface area contributed by atoms with Gasteiger partial charge in [0.25, 0.3) is 0 Å². The maximum Gasteiger partial charge on any atom is 0.343 e. The number of esters is 1. The highest BCUT2D eigenvalue weighted by molar-refractivity contribution is 5.91. The molecule has 0 aromatic heterocycles. The number of hydrogen-bond donors (Lipinski definition) is 0. The lowest BCUT2D eigenvalue weighted by molar-refractivity contribution is 0.0734. The Morgan fingerprint density at radius 3 is 2.07 bits per heavy atom. The molecule has 0 aliphatic heterocycles. The summed E-state index contributed by atoms with van der Waals surface area (Å²) < 4.78 is 11.3. The van der Waals surface area contributed by atoms with E-state index in [4.69, 9.17) is 9.47 Å². The van der Waals surface area contributed by atoms with Gasteiger partial charge in [-0.1, -0.05) is 65.0 Å². The summed E-state index contributed by atoms with van der Waals surface area (Å²) in [6.45, 7) is 8.72. The summed E-state index contributed by atoms with van der Waals surface area (Å²) in [5.41, 5.74) is 1.82. The zero-order chi connectivity index (χ0) is 21.8. The zero-order valence-electron chi connectivity index (χ0n) is 19.2. The monoisotopic (exact) mass is 410 g/mol. The highest BCUT2D eigenvalue weighted by Crippen LogP contribution is 2.19. The summed E-state index contributed by atoms with van der Waals surface area (Å²) in [5, 5.41) is 0. The van der Waals surface area contributed by atoms with Crippen molar-refractivity contribution in [2.45, 2.75) is 85.2 Å². The van der Waals surface area contributed by atoms with Gasteiger partial charge in [-0.05, 0) is 74.1 Å². The van der Waals surface area contributed by atoms with Gasteiger partial charge >= 0.3 is 5.97 Å². The van der Waals surface area contributed by atoms with Crippen LogP contribution < -0.4 is 9.47 Å². The normalized spacial score (nSPS) is 12.9. The lowest BCUT2D eigenvalue weighted by atomic mass is 9.99. The summed E-state index contributed by atoms with van der Waals surface area (Å²) >= 11 is 0. The predicted molar refractivity (Wildman–Crippen MR) is 124 cm³/mol. The Labute approximate surface area is 182 Å². The zero-order valence-corrected chi connectivity index (χ0v) is 19.2. The number of carbonyl (C=O) groups is 1. The topological polar surface area (TPSA) is 35.5 Å². The minimum absolute atomic E-state index is 0.158. The van der Waals surface area contributed by atoms with Crippen molar-refractivity contribution in [3.63, 3.8) is 0 Å². The van der Waals surface area contributed by atoms with Crippen molar-refractivity contribution in [2.24, 2.45) is 5.92 Å². The lowest BCUT2D eigenvalue weighted by Crippen LogP contribution is -2.11. The molecular formula is C27H38O3. The van der Waals surface area contributed by atoms with E-state index < -0.39 is 0 Å². The predicted octanol–water partition coefficient (Wildman–Crippen LogP) is 7.62. The maximum absolute atomic E-state index is 12.4. The second-order valence-electron chi connectivity index (χ2n) is 8.36. The molecule has 2 aromatic carbocycles. The molecule has 164 valence electrons. The molecule has 0 amide bonds. The van der Waals surface area contributed by atoms with Gasteiger partial charge < -0.3 is 9.47 Å². The first kappa shape index (κ1) is 24.0. The van der Waals surface area contributed by atoms with Crippen molar-refractivity contribution in [1.82, 2.24) is 0 Å². The molecule has 0 fully saturated rings. The largest absolute Gasteiger partial charge is 0.491 e. The molecule has 0 aliphatic carbocycles. The quantitative estimate of drug-likeness (QED) is 0.193. The van der Waals surface area contributed by atoms with Crippen molar-refractivity contribution in [3.05, 3.63) is 59.7 Å². The van der Waals surface area contributed by atoms with Crippen LogP contribution in [0.3, 0.4) is 0 Å². The second-order valence-corrected chi connectivity index (χ2v) is 8.36. The molecule has 2 aromatic rings. The summed E-state index contributed by atoms with van der Waals surface area (Å²) in [7, 11) is 0. The van der Waals surface area contributed by atoms with Gasteiger partial charge in [-0.3, -0.25) is 0 Å². The summed E-state index contributed by atoms with van der Waals surface area (Å²) in [6, 6.07) is 15.0. The molecule has 0 bridgehead atoms. The summed E-state index contributed by atoms with van der Waals surface area (Å²) in [4.78, 5) is 12.4. The molecule has 2 rings (SSSR count). The second kappa shape index (κ2) is 13.1. The molecule has 0 aliphatic rings. The van der Waals surface area contributed by atoms with Crippen molar-refractivity contribution >= 4 is 5.97 Å². The van der Waals surface area contributed by atoms with Crippen LogP contribution in [0.25, 0.3) is 0 Å². The van der Waals surface area contributed by atoms with Crippen LogP contribution in [0.5, 0.6) is 11.5 Å². The smallest absolute Gasteiger partial charge is 0.343 e. The number of unbranched alkanes of at least 4 members (excludes halogenated alkanes) is 3. The van der Waals surface area contributed by atoms with Crippen LogP contribution in [0.15, 0.2) is 48.5 Å². The molecule has 1 unspecified atom stereocenters. The molecule has 0 heterocycles. The van der Waals surface area contributed by atoms with Gasteiger partial charge in [0.15, 0.2) is 0 Å². The summed E-state index contributed by atoms with van der Waals surface area (Å²) in [5.74, 6) is 1.86. The van der Waals surface area contributed by atoms with Crippen molar-refractivity contribution in [1.29, 1.82) is 0 Å². The molecule has 0 saturated heterocycles. The highest BCUT2D eigenvalue weighted by Gasteiger charge is 2.10. The average molecular weight is 411 g/mol. The molecule has 3 nitrogen and oxygen atoms in total. The van der Waals surface area contributed by atoms with E-state index in [1.807, 2.05) is 31.2 Å². The van der Waals surface area contributed by atoms with E-state index >= 15 is 0 Å². The van der Waals surface area contributed by atoms with E-state index in [9.17, 15) is 4.79 Å². The van der Waals surface area contributed by atoms with Gasteiger partial charge in [0.2, 0.25) is 0 Å². The van der Waals surface area contributed by atoms with Crippen LogP contribution in [0.2, 0.25) is 0 Å². The fourth-order valence-corrected chi connectivity index (χ4v) is 3.25.